The third-order valence-electron chi connectivity index (χ3n) is 4.08. The monoisotopic (exact) mass is 307 g/mol. The summed E-state index contributed by atoms with van der Waals surface area (Å²) in [6.07, 6.45) is 5.19. The molecule has 0 aromatic heterocycles. The third kappa shape index (κ3) is 3.74. The van der Waals surface area contributed by atoms with Crippen LogP contribution in [-0.2, 0) is 10.0 Å². The summed E-state index contributed by atoms with van der Waals surface area (Å²) in [6, 6.07) is 6.14. The normalized spacial score (nSPS) is 23.2. The van der Waals surface area contributed by atoms with Crippen LogP contribution >= 0.6 is 0 Å². The summed E-state index contributed by atoms with van der Waals surface area (Å²) in [5.74, 6) is 0.307. The Morgan fingerprint density at radius 1 is 1.29 bits per heavy atom. The third-order valence-corrected chi connectivity index (χ3v) is 5.63. The fourth-order valence-corrected chi connectivity index (χ4v) is 4.32. The van der Waals surface area contributed by atoms with E-state index < -0.39 is 10.0 Å². The molecule has 2 rings (SSSR count). The van der Waals surface area contributed by atoms with Crippen molar-refractivity contribution in [1.29, 1.82) is 5.26 Å². The number of nitriles is 1. The van der Waals surface area contributed by atoms with Gasteiger partial charge < -0.3 is 5.73 Å². The molecule has 2 atom stereocenters. The molecular formula is C15H21N3O2S. The maximum atomic E-state index is 12.5. The molecule has 1 aliphatic carbocycles. The van der Waals surface area contributed by atoms with Gasteiger partial charge in [0.25, 0.3) is 0 Å². The first kappa shape index (κ1) is 15.8. The number of nitrogen functional groups attached to an aromatic ring is 1. The number of rotatable bonds is 3. The molecule has 1 aliphatic rings. The molecule has 5 nitrogen and oxygen atoms in total. The molecule has 1 saturated carbocycles. The topological polar surface area (TPSA) is 96.0 Å². The van der Waals surface area contributed by atoms with Gasteiger partial charge in [-0.25, -0.2) is 13.1 Å². The number of nitrogens with two attached hydrogens (primary N) is 1. The second-order valence-corrected chi connectivity index (χ2v) is 7.39. The van der Waals surface area contributed by atoms with Crippen molar-refractivity contribution >= 4 is 15.7 Å². The van der Waals surface area contributed by atoms with Crippen LogP contribution in [0.25, 0.3) is 0 Å². The first-order chi connectivity index (χ1) is 9.94. The van der Waals surface area contributed by atoms with Crippen molar-refractivity contribution in [3.8, 4) is 6.07 Å². The zero-order valence-electron chi connectivity index (χ0n) is 12.2. The molecule has 0 bridgehead atoms. The highest BCUT2D eigenvalue weighted by Gasteiger charge is 2.27. The number of hydrogen-bond acceptors (Lipinski definition) is 4. The summed E-state index contributed by atoms with van der Waals surface area (Å²) in [7, 11) is -3.70. The lowest BCUT2D eigenvalue weighted by atomic mass is 9.98. The van der Waals surface area contributed by atoms with Crippen LogP contribution in [0.15, 0.2) is 23.1 Å². The van der Waals surface area contributed by atoms with Crippen LogP contribution in [0.3, 0.4) is 0 Å². The van der Waals surface area contributed by atoms with Crippen molar-refractivity contribution in [2.45, 2.75) is 50.0 Å². The lowest BCUT2D eigenvalue weighted by molar-refractivity contribution is 0.399. The van der Waals surface area contributed by atoms with E-state index in [1.54, 1.807) is 0 Å². The Morgan fingerprint density at radius 3 is 2.71 bits per heavy atom. The van der Waals surface area contributed by atoms with Crippen molar-refractivity contribution in [2.24, 2.45) is 5.92 Å². The molecule has 1 fully saturated rings. The van der Waals surface area contributed by atoms with Crippen LogP contribution in [0, 0.1) is 17.2 Å². The number of nitrogens with one attached hydrogen (secondary N) is 1. The van der Waals surface area contributed by atoms with E-state index in [4.69, 9.17) is 11.0 Å². The average Bonchev–Trinajstić information content (AvgIpc) is 2.63. The molecule has 2 unspecified atom stereocenters. The largest absolute Gasteiger partial charge is 0.399 e. The van der Waals surface area contributed by atoms with Gasteiger partial charge in [0.1, 0.15) is 6.07 Å². The Kier molecular flexibility index (Phi) is 4.86. The van der Waals surface area contributed by atoms with Gasteiger partial charge in [0.2, 0.25) is 10.0 Å². The molecule has 1 aromatic carbocycles. The molecule has 6 heteroatoms. The van der Waals surface area contributed by atoms with Gasteiger partial charge in [0.05, 0.1) is 10.5 Å². The van der Waals surface area contributed by atoms with Gasteiger partial charge in [0.15, 0.2) is 0 Å². The second kappa shape index (κ2) is 6.46. The Labute approximate surface area is 126 Å². The van der Waals surface area contributed by atoms with E-state index in [9.17, 15) is 8.42 Å². The first-order valence-electron chi connectivity index (χ1n) is 7.26. The van der Waals surface area contributed by atoms with Gasteiger partial charge in [0, 0.05) is 11.7 Å². The number of hydrogen-bond donors (Lipinski definition) is 2. The van der Waals surface area contributed by atoms with Crippen molar-refractivity contribution in [3.63, 3.8) is 0 Å². The molecule has 0 amide bonds. The summed E-state index contributed by atoms with van der Waals surface area (Å²) in [6.45, 7) is 2.08. The molecule has 0 spiro atoms. The van der Waals surface area contributed by atoms with Gasteiger partial charge in [-0.05, 0) is 37.0 Å². The summed E-state index contributed by atoms with van der Waals surface area (Å²) in [4.78, 5) is 0.00986. The van der Waals surface area contributed by atoms with Crippen molar-refractivity contribution in [3.05, 3.63) is 23.8 Å². The summed E-state index contributed by atoms with van der Waals surface area (Å²) in [5.41, 5.74) is 6.08. The molecule has 21 heavy (non-hydrogen) atoms. The van der Waals surface area contributed by atoms with Crippen LogP contribution in [0.2, 0.25) is 0 Å². The lowest BCUT2D eigenvalue weighted by Gasteiger charge is -2.23. The minimum Gasteiger partial charge on any atom is -0.399 e. The van der Waals surface area contributed by atoms with Crippen molar-refractivity contribution in [1.82, 2.24) is 4.72 Å². The van der Waals surface area contributed by atoms with Crippen LogP contribution in [0.1, 0.15) is 44.6 Å². The quantitative estimate of drug-likeness (QED) is 0.662. The smallest absolute Gasteiger partial charge is 0.242 e. The molecule has 0 radical (unpaired) electrons. The van der Waals surface area contributed by atoms with Gasteiger partial charge in [-0.3, -0.25) is 0 Å². The zero-order valence-corrected chi connectivity index (χ0v) is 13.0. The number of sulfonamides is 1. The van der Waals surface area contributed by atoms with Crippen LogP contribution < -0.4 is 10.5 Å². The van der Waals surface area contributed by atoms with E-state index in [1.165, 1.54) is 18.2 Å². The predicted octanol–water partition coefficient (Wildman–Crippen LogP) is 2.39. The minimum absolute atomic E-state index is 0.00986. The Balaban J connectivity index is 2.28. The lowest BCUT2D eigenvalue weighted by Crippen LogP contribution is -2.39. The van der Waals surface area contributed by atoms with Gasteiger partial charge in [-0.15, -0.1) is 0 Å². The molecule has 0 saturated heterocycles. The Hall–Kier alpha value is -1.58. The van der Waals surface area contributed by atoms with Gasteiger partial charge >= 0.3 is 0 Å². The molecule has 1 aromatic rings. The Morgan fingerprint density at radius 2 is 2.00 bits per heavy atom. The van der Waals surface area contributed by atoms with E-state index in [0.29, 0.717) is 11.6 Å². The van der Waals surface area contributed by atoms with Crippen molar-refractivity contribution < 1.29 is 8.42 Å². The highest BCUT2D eigenvalue weighted by molar-refractivity contribution is 7.89. The fourth-order valence-electron chi connectivity index (χ4n) is 2.80. The minimum atomic E-state index is -3.70. The van der Waals surface area contributed by atoms with Crippen LogP contribution in [0.5, 0.6) is 0 Å². The average molecular weight is 307 g/mol. The maximum absolute atomic E-state index is 12.5. The van der Waals surface area contributed by atoms with E-state index in [1.807, 2.05) is 6.07 Å². The zero-order chi connectivity index (χ0) is 15.5. The van der Waals surface area contributed by atoms with Gasteiger partial charge in [-0.2, -0.15) is 5.26 Å². The van der Waals surface area contributed by atoms with Crippen molar-refractivity contribution in [2.75, 3.05) is 5.73 Å². The SMILES string of the molecule is CC1CCCCCC1NS(=O)(=O)c1ccc(N)cc1C#N. The number of nitrogens with zero attached hydrogens (tertiary/aromatic N) is 1. The highest BCUT2D eigenvalue weighted by atomic mass is 32.2. The van der Waals surface area contributed by atoms with E-state index in [-0.39, 0.29) is 16.5 Å². The maximum Gasteiger partial charge on any atom is 0.242 e. The standard InChI is InChI=1S/C15H21N3O2S/c1-11-5-3-2-4-6-14(11)18-21(19,20)15-8-7-13(17)9-12(15)10-16/h7-9,11,14,18H,2-6,17H2,1H3. The van der Waals surface area contributed by atoms with E-state index >= 15 is 0 Å². The molecule has 3 N–H and O–H groups in total. The predicted molar refractivity (Wildman–Crippen MR) is 81.9 cm³/mol. The van der Waals surface area contributed by atoms with E-state index in [0.717, 1.165) is 32.1 Å². The highest BCUT2D eigenvalue weighted by Crippen LogP contribution is 2.25. The summed E-state index contributed by atoms with van der Waals surface area (Å²) < 4.78 is 27.9. The van der Waals surface area contributed by atoms with Gasteiger partial charge in [-0.1, -0.05) is 26.2 Å². The fraction of sp³-hybridized carbons (Fsp3) is 0.533. The second-order valence-electron chi connectivity index (χ2n) is 5.71. The molecular weight excluding hydrogens is 286 g/mol. The molecule has 114 valence electrons. The van der Waals surface area contributed by atoms with Crippen LogP contribution in [-0.4, -0.2) is 14.5 Å². The Bertz CT molecular complexity index is 649. The summed E-state index contributed by atoms with van der Waals surface area (Å²) in [5, 5.41) is 9.11. The summed E-state index contributed by atoms with van der Waals surface area (Å²) >= 11 is 0. The van der Waals surface area contributed by atoms with E-state index in [2.05, 4.69) is 11.6 Å². The molecule has 0 aliphatic heterocycles. The van der Waals surface area contributed by atoms with Crippen LogP contribution in [0.4, 0.5) is 5.69 Å². The first-order valence-corrected chi connectivity index (χ1v) is 8.74. The molecule has 0 heterocycles. The number of anilines is 1. The number of benzene rings is 1.